The van der Waals surface area contributed by atoms with Crippen molar-refractivity contribution in [2.24, 2.45) is 0 Å². The van der Waals surface area contributed by atoms with Crippen LogP contribution in [0.1, 0.15) is 6.92 Å². The molecule has 1 heterocycles. The van der Waals surface area contributed by atoms with E-state index >= 15 is 0 Å². The molecule has 0 saturated heterocycles. The third-order valence-corrected chi connectivity index (χ3v) is 1.99. The summed E-state index contributed by atoms with van der Waals surface area (Å²) in [6.07, 6.45) is 0.971. The lowest BCUT2D eigenvalue weighted by molar-refractivity contribution is -0.119. The van der Waals surface area contributed by atoms with Crippen molar-refractivity contribution >= 4 is 23.3 Å². The molecule has 0 aliphatic rings. The molecule has 16 heavy (non-hydrogen) atoms. The van der Waals surface area contributed by atoms with Crippen molar-refractivity contribution in [1.29, 1.82) is 0 Å². The Morgan fingerprint density at radius 1 is 1.69 bits per heavy atom. The third-order valence-electron chi connectivity index (χ3n) is 1.81. The number of nitrogens with one attached hydrogen (secondary N) is 1. The van der Waals surface area contributed by atoms with Crippen LogP contribution in [-0.4, -0.2) is 36.0 Å². The van der Waals surface area contributed by atoms with Gasteiger partial charge in [-0.25, -0.2) is 9.37 Å². The molecule has 0 unspecified atom stereocenters. The van der Waals surface area contributed by atoms with Gasteiger partial charge in [0, 0.05) is 13.6 Å². The molecule has 0 aliphatic carbocycles. The fraction of sp³-hybridized carbons (Fsp3) is 0.444. The minimum absolute atomic E-state index is 0.00579. The van der Waals surface area contributed by atoms with E-state index in [1.165, 1.54) is 4.90 Å². The van der Waals surface area contributed by atoms with Crippen LogP contribution in [0, 0.1) is 5.82 Å². The molecule has 1 aromatic heterocycles. The Balaban J connectivity index is 2.76. The molecule has 0 aliphatic heterocycles. The van der Waals surface area contributed by atoms with Crippen LogP contribution in [-0.2, 0) is 4.79 Å². The van der Waals surface area contributed by atoms with Gasteiger partial charge in [0.05, 0.1) is 12.7 Å². The van der Waals surface area contributed by atoms with E-state index in [0.717, 1.165) is 6.20 Å². The molecule has 1 amide bonds. The van der Waals surface area contributed by atoms with Crippen LogP contribution in [0.25, 0.3) is 0 Å². The summed E-state index contributed by atoms with van der Waals surface area (Å²) in [6.45, 7) is 2.35. The zero-order valence-electron chi connectivity index (χ0n) is 9.00. The van der Waals surface area contributed by atoms with Crippen molar-refractivity contribution in [2.75, 3.05) is 25.0 Å². The van der Waals surface area contributed by atoms with Gasteiger partial charge in [0.25, 0.3) is 0 Å². The summed E-state index contributed by atoms with van der Waals surface area (Å²) in [6, 6.07) is 0. The highest BCUT2D eigenvalue weighted by Gasteiger charge is 2.13. The Morgan fingerprint density at radius 3 is 3.00 bits per heavy atom. The van der Waals surface area contributed by atoms with Gasteiger partial charge in [-0.2, -0.15) is 4.98 Å². The second-order valence-corrected chi connectivity index (χ2v) is 3.46. The summed E-state index contributed by atoms with van der Waals surface area (Å²) in [7, 11) is 1.55. The summed E-state index contributed by atoms with van der Waals surface area (Å²) in [5.41, 5.74) is 0. The molecule has 0 aromatic carbocycles. The van der Waals surface area contributed by atoms with Crippen LogP contribution in [0.3, 0.4) is 0 Å². The molecule has 5 nitrogen and oxygen atoms in total. The van der Waals surface area contributed by atoms with Crippen LogP contribution in [0.5, 0.6) is 0 Å². The highest BCUT2D eigenvalue weighted by Crippen LogP contribution is 2.15. The maximum Gasteiger partial charge on any atom is 0.239 e. The molecule has 0 atom stereocenters. The Labute approximate surface area is 97.6 Å². The summed E-state index contributed by atoms with van der Waals surface area (Å²) in [5.74, 6) is -0.818. The summed E-state index contributed by atoms with van der Waals surface area (Å²) >= 11 is 5.54. The highest BCUT2D eigenvalue weighted by atomic mass is 35.5. The first-order valence-electron chi connectivity index (χ1n) is 4.70. The first kappa shape index (κ1) is 12.6. The molecule has 0 spiro atoms. The number of likely N-dealkylation sites (N-methyl/N-ethyl adjacent to an activating group) is 2. The van der Waals surface area contributed by atoms with Crippen LogP contribution in [0.15, 0.2) is 6.20 Å². The van der Waals surface area contributed by atoms with E-state index < -0.39 is 5.82 Å². The van der Waals surface area contributed by atoms with Crippen molar-refractivity contribution in [3.63, 3.8) is 0 Å². The maximum atomic E-state index is 13.3. The topological polar surface area (TPSA) is 58.1 Å². The van der Waals surface area contributed by atoms with Gasteiger partial charge >= 0.3 is 0 Å². The summed E-state index contributed by atoms with van der Waals surface area (Å²) in [4.78, 5) is 19.8. The van der Waals surface area contributed by atoms with Gasteiger partial charge in [-0.15, -0.1) is 0 Å². The predicted molar refractivity (Wildman–Crippen MR) is 59.0 cm³/mol. The first-order valence-corrected chi connectivity index (χ1v) is 5.08. The van der Waals surface area contributed by atoms with Gasteiger partial charge in [0.15, 0.2) is 11.6 Å². The van der Waals surface area contributed by atoms with Crippen LogP contribution >= 0.6 is 11.6 Å². The van der Waals surface area contributed by atoms with E-state index in [1.54, 1.807) is 14.0 Å². The Bertz CT molecular complexity index is 388. The monoisotopic (exact) mass is 246 g/mol. The highest BCUT2D eigenvalue weighted by molar-refractivity contribution is 6.28. The standard InChI is InChI=1S/C9H12ClFN4O/c1-3-12-7(16)5-15(2)8-6(11)4-13-9(10)14-8/h4H,3,5H2,1-2H3,(H,12,16). The first-order chi connectivity index (χ1) is 7.54. The smallest absolute Gasteiger partial charge is 0.239 e. The quantitative estimate of drug-likeness (QED) is 0.800. The predicted octanol–water partition coefficient (Wildman–Crippen LogP) is 0.841. The molecular formula is C9H12ClFN4O. The van der Waals surface area contributed by atoms with Crippen molar-refractivity contribution < 1.29 is 9.18 Å². The van der Waals surface area contributed by atoms with E-state index in [2.05, 4.69) is 15.3 Å². The minimum Gasteiger partial charge on any atom is -0.355 e. The third kappa shape index (κ3) is 3.30. The van der Waals surface area contributed by atoms with E-state index in [4.69, 9.17) is 11.6 Å². The number of amides is 1. The summed E-state index contributed by atoms with van der Waals surface area (Å²) in [5, 5.41) is 2.54. The van der Waals surface area contributed by atoms with Crippen LogP contribution in [0.2, 0.25) is 5.28 Å². The van der Waals surface area contributed by atoms with Crippen LogP contribution < -0.4 is 10.2 Å². The number of aromatic nitrogens is 2. The van der Waals surface area contributed by atoms with Crippen molar-refractivity contribution in [1.82, 2.24) is 15.3 Å². The van der Waals surface area contributed by atoms with Gasteiger partial charge in [0.1, 0.15) is 0 Å². The Hall–Kier alpha value is -1.43. The van der Waals surface area contributed by atoms with Gasteiger partial charge in [0.2, 0.25) is 11.2 Å². The molecule has 0 radical (unpaired) electrons. The number of rotatable bonds is 4. The number of hydrogen-bond acceptors (Lipinski definition) is 4. The largest absolute Gasteiger partial charge is 0.355 e. The molecule has 0 saturated carbocycles. The zero-order chi connectivity index (χ0) is 12.1. The molecule has 1 aromatic rings. The Kier molecular flexibility index (Phi) is 4.42. The molecule has 1 N–H and O–H groups in total. The average molecular weight is 247 g/mol. The zero-order valence-corrected chi connectivity index (χ0v) is 9.75. The van der Waals surface area contributed by atoms with E-state index in [1.807, 2.05) is 0 Å². The van der Waals surface area contributed by atoms with Gasteiger partial charge < -0.3 is 10.2 Å². The second kappa shape index (κ2) is 5.60. The maximum absolute atomic E-state index is 13.3. The number of carbonyl (C=O) groups excluding carboxylic acids is 1. The fourth-order valence-corrected chi connectivity index (χ4v) is 1.28. The van der Waals surface area contributed by atoms with Crippen LogP contribution in [0.4, 0.5) is 10.2 Å². The van der Waals surface area contributed by atoms with Crippen molar-refractivity contribution in [3.8, 4) is 0 Å². The lowest BCUT2D eigenvalue weighted by Crippen LogP contribution is -2.35. The number of halogens is 2. The number of nitrogens with zero attached hydrogens (tertiary/aromatic N) is 3. The van der Waals surface area contributed by atoms with E-state index in [0.29, 0.717) is 6.54 Å². The lowest BCUT2D eigenvalue weighted by Gasteiger charge is -2.17. The molecule has 0 fully saturated rings. The van der Waals surface area contributed by atoms with Gasteiger partial charge in [-0.05, 0) is 18.5 Å². The molecule has 7 heteroatoms. The SMILES string of the molecule is CCNC(=O)CN(C)c1nc(Cl)ncc1F. The lowest BCUT2D eigenvalue weighted by atomic mass is 10.4. The average Bonchev–Trinajstić information content (AvgIpc) is 2.21. The minimum atomic E-state index is -0.615. The molecular weight excluding hydrogens is 235 g/mol. The van der Waals surface area contributed by atoms with Gasteiger partial charge in [-0.1, -0.05) is 0 Å². The van der Waals surface area contributed by atoms with Gasteiger partial charge in [-0.3, -0.25) is 4.79 Å². The molecule has 0 bridgehead atoms. The molecule has 88 valence electrons. The van der Waals surface area contributed by atoms with E-state index in [-0.39, 0.29) is 23.6 Å². The summed E-state index contributed by atoms with van der Waals surface area (Å²) < 4.78 is 13.3. The fourth-order valence-electron chi connectivity index (χ4n) is 1.15. The van der Waals surface area contributed by atoms with E-state index in [9.17, 15) is 9.18 Å². The number of hydrogen-bond donors (Lipinski definition) is 1. The second-order valence-electron chi connectivity index (χ2n) is 3.12. The number of anilines is 1. The normalized spacial score (nSPS) is 10.0. The van der Waals surface area contributed by atoms with Crippen molar-refractivity contribution in [3.05, 3.63) is 17.3 Å². The Morgan fingerprint density at radius 2 is 2.38 bits per heavy atom. The van der Waals surface area contributed by atoms with Crippen molar-refractivity contribution in [2.45, 2.75) is 6.92 Å². The number of carbonyl (C=O) groups is 1. The molecule has 1 rings (SSSR count).